The van der Waals surface area contributed by atoms with Crippen molar-refractivity contribution >= 4 is 23.6 Å². The van der Waals surface area contributed by atoms with Crippen molar-refractivity contribution in [2.24, 2.45) is 5.41 Å². The van der Waals surface area contributed by atoms with E-state index in [-0.39, 0.29) is 12.6 Å². The van der Waals surface area contributed by atoms with E-state index in [1.165, 1.54) is 25.9 Å². The Kier molecular flexibility index (Phi) is 4.96. The quantitative estimate of drug-likeness (QED) is 0.720. The fourth-order valence-corrected chi connectivity index (χ4v) is 2.22. The number of urea groups is 1. The van der Waals surface area contributed by atoms with Gasteiger partial charge in [0, 0.05) is 25.2 Å². The molecule has 1 aromatic carbocycles. The van der Waals surface area contributed by atoms with Gasteiger partial charge in [-0.15, -0.1) is 0 Å². The van der Waals surface area contributed by atoms with Gasteiger partial charge in [0.15, 0.2) is 0 Å². The van der Waals surface area contributed by atoms with Crippen LogP contribution in [-0.4, -0.2) is 49.8 Å². The molecule has 3 amide bonds. The smallest absolute Gasteiger partial charge is 0.322 e. The second-order valence-corrected chi connectivity index (χ2v) is 6.14. The first-order chi connectivity index (χ1) is 11.3. The maximum atomic E-state index is 12.3. The minimum absolute atomic E-state index is 0.00721. The second kappa shape index (κ2) is 6.77. The van der Waals surface area contributed by atoms with Gasteiger partial charge in [-0.3, -0.25) is 14.5 Å². The highest BCUT2D eigenvalue weighted by atomic mass is 16.5. The Balaban J connectivity index is 2.20. The van der Waals surface area contributed by atoms with Crippen LogP contribution in [0.25, 0.3) is 0 Å². The molecular weight excluding hydrogens is 314 g/mol. The number of benzene rings is 1. The Morgan fingerprint density at radius 1 is 1.42 bits per heavy atom. The molecule has 0 aromatic heterocycles. The predicted octanol–water partition coefficient (Wildman–Crippen LogP) is 1.07. The zero-order valence-corrected chi connectivity index (χ0v) is 13.9. The maximum Gasteiger partial charge on any atom is 0.322 e. The van der Waals surface area contributed by atoms with E-state index in [9.17, 15) is 14.4 Å². The van der Waals surface area contributed by atoms with E-state index < -0.39 is 17.3 Å². The molecule has 24 heavy (non-hydrogen) atoms. The fourth-order valence-electron chi connectivity index (χ4n) is 2.22. The first kappa shape index (κ1) is 17.6. The van der Waals surface area contributed by atoms with Crippen molar-refractivity contribution in [2.75, 3.05) is 31.6 Å². The highest BCUT2D eigenvalue weighted by Gasteiger charge is 2.28. The molecule has 1 aliphatic heterocycles. The number of hydrogen-bond donors (Lipinski definition) is 3. The Labute approximate surface area is 139 Å². The van der Waals surface area contributed by atoms with Crippen molar-refractivity contribution < 1.29 is 24.2 Å². The first-order valence-corrected chi connectivity index (χ1v) is 7.51. The standard InChI is InChI=1S/C16H21N3O5/c1-16(2,14(21)22)9-18-13(20)10-4-5-12(24-3)11(8-10)19-7-6-17-15(19)23/h4-5,8H,6-7,9H2,1-3H3,(H,17,23)(H,18,20)(H,21,22). The van der Waals surface area contributed by atoms with E-state index in [1.54, 1.807) is 18.2 Å². The van der Waals surface area contributed by atoms with Crippen molar-refractivity contribution in [2.45, 2.75) is 13.8 Å². The third-order valence-electron chi connectivity index (χ3n) is 3.86. The number of ether oxygens (including phenoxy) is 1. The number of rotatable bonds is 6. The normalized spacial score (nSPS) is 14.3. The lowest BCUT2D eigenvalue weighted by atomic mass is 9.94. The number of carbonyl (C=O) groups is 3. The van der Waals surface area contributed by atoms with Crippen LogP contribution in [0.2, 0.25) is 0 Å². The van der Waals surface area contributed by atoms with Crippen molar-refractivity contribution in [1.29, 1.82) is 0 Å². The number of hydrogen-bond acceptors (Lipinski definition) is 4. The van der Waals surface area contributed by atoms with Gasteiger partial charge in [0.2, 0.25) is 0 Å². The van der Waals surface area contributed by atoms with Gasteiger partial charge < -0.3 is 20.5 Å². The van der Waals surface area contributed by atoms with Crippen LogP contribution in [0.1, 0.15) is 24.2 Å². The van der Waals surface area contributed by atoms with E-state index in [4.69, 9.17) is 9.84 Å². The summed E-state index contributed by atoms with van der Waals surface area (Å²) >= 11 is 0. The fraction of sp³-hybridized carbons (Fsp3) is 0.438. The zero-order chi connectivity index (χ0) is 17.9. The van der Waals surface area contributed by atoms with Crippen LogP contribution in [0.3, 0.4) is 0 Å². The molecule has 8 heteroatoms. The minimum atomic E-state index is -1.07. The predicted molar refractivity (Wildman–Crippen MR) is 87.5 cm³/mol. The van der Waals surface area contributed by atoms with Gasteiger partial charge >= 0.3 is 12.0 Å². The number of carboxylic acids is 1. The summed E-state index contributed by atoms with van der Waals surface area (Å²) in [5.74, 6) is -0.922. The van der Waals surface area contributed by atoms with Gasteiger partial charge in [0.05, 0.1) is 18.2 Å². The molecule has 0 atom stereocenters. The highest BCUT2D eigenvalue weighted by molar-refractivity contribution is 6.00. The molecule has 0 unspecified atom stereocenters. The monoisotopic (exact) mass is 335 g/mol. The Morgan fingerprint density at radius 3 is 2.67 bits per heavy atom. The summed E-state index contributed by atoms with van der Waals surface area (Å²) in [6.45, 7) is 4.05. The van der Waals surface area contributed by atoms with Crippen molar-refractivity contribution in [3.05, 3.63) is 23.8 Å². The molecule has 3 N–H and O–H groups in total. The zero-order valence-electron chi connectivity index (χ0n) is 13.9. The Morgan fingerprint density at radius 2 is 2.12 bits per heavy atom. The third kappa shape index (κ3) is 3.58. The van der Waals surface area contributed by atoms with Gasteiger partial charge in [0.1, 0.15) is 5.75 Å². The number of anilines is 1. The van der Waals surface area contributed by atoms with Crippen molar-refractivity contribution in [3.8, 4) is 5.75 Å². The molecule has 1 heterocycles. The van der Waals surface area contributed by atoms with E-state index >= 15 is 0 Å². The number of amides is 3. The lowest BCUT2D eigenvalue weighted by Crippen LogP contribution is -2.39. The van der Waals surface area contributed by atoms with E-state index in [1.807, 2.05) is 0 Å². The lowest BCUT2D eigenvalue weighted by Gasteiger charge is -2.21. The molecule has 130 valence electrons. The average molecular weight is 335 g/mol. The molecule has 0 spiro atoms. The SMILES string of the molecule is COc1ccc(C(=O)NCC(C)(C)C(=O)O)cc1N1CCNC1=O. The molecule has 1 saturated heterocycles. The summed E-state index contributed by atoms with van der Waals surface area (Å²) in [5.41, 5.74) is -0.246. The van der Waals surface area contributed by atoms with E-state index in [0.29, 0.717) is 30.1 Å². The molecule has 1 aromatic rings. The van der Waals surface area contributed by atoms with E-state index in [0.717, 1.165) is 0 Å². The summed E-state index contributed by atoms with van der Waals surface area (Å²) in [7, 11) is 1.49. The summed E-state index contributed by atoms with van der Waals surface area (Å²) < 4.78 is 5.26. The average Bonchev–Trinajstić information content (AvgIpc) is 2.97. The molecule has 1 aliphatic rings. The van der Waals surface area contributed by atoms with E-state index in [2.05, 4.69) is 10.6 Å². The van der Waals surface area contributed by atoms with Crippen molar-refractivity contribution in [3.63, 3.8) is 0 Å². The minimum Gasteiger partial charge on any atom is -0.495 e. The van der Waals surface area contributed by atoms with Gasteiger partial charge in [-0.25, -0.2) is 4.79 Å². The Hall–Kier alpha value is -2.77. The van der Waals surface area contributed by atoms with Crippen molar-refractivity contribution in [1.82, 2.24) is 10.6 Å². The highest BCUT2D eigenvalue weighted by Crippen LogP contribution is 2.30. The van der Waals surface area contributed by atoms with Crippen LogP contribution in [0.15, 0.2) is 18.2 Å². The molecule has 0 aliphatic carbocycles. The molecule has 0 saturated carbocycles. The largest absolute Gasteiger partial charge is 0.495 e. The van der Waals surface area contributed by atoms with Gasteiger partial charge in [-0.2, -0.15) is 0 Å². The third-order valence-corrected chi connectivity index (χ3v) is 3.86. The molecule has 0 radical (unpaired) electrons. The van der Waals surface area contributed by atoms with Gasteiger partial charge in [-0.05, 0) is 32.0 Å². The number of aliphatic carboxylic acids is 1. The molecule has 2 rings (SSSR count). The number of carboxylic acid groups (broad SMARTS) is 1. The topological polar surface area (TPSA) is 108 Å². The van der Waals surface area contributed by atoms with Gasteiger partial charge in [-0.1, -0.05) is 0 Å². The summed E-state index contributed by atoms with van der Waals surface area (Å²) in [6, 6.07) is 4.49. The summed E-state index contributed by atoms with van der Waals surface area (Å²) in [6.07, 6.45) is 0. The van der Waals surface area contributed by atoms with Crippen LogP contribution in [0.5, 0.6) is 5.75 Å². The van der Waals surface area contributed by atoms with Crippen LogP contribution >= 0.6 is 0 Å². The maximum absolute atomic E-state index is 12.3. The first-order valence-electron chi connectivity index (χ1n) is 7.51. The van der Waals surface area contributed by atoms with Gasteiger partial charge in [0.25, 0.3) is 5.91 Å². The number of methoxy groups -OCH3 is 1. The van der Waals surface area contributed by atoms with Crippen LogP contribution in [0, 0.1) is 5.41 Å². The molecule has 8 nitrogen and oxygen atoms in total. The molecular formula is C16H21N3O5. The summed E-state index contributed by atoms with van der Waals surface area (Å²) in [4.78, 5) is 36.7. The lowest BCUT2D eigenvalue weighted by molar-refractivity contribution is -0.146. The Bertz CT molecular complexity index is 672. The molecule has 1 fully saturated rings. The number of nitrogens with one attached hydrogen (secondary N) is 2. The van der Waals surface area contributed by atoms with Crippen LogP contribution in [-0.2, 0) is 4.79 Å². The second-order valence-electron chi connectivity index (χ2n) is 6.14. The molecule has 0 bridgehead atoms. The number of carbonyl (C=O) groups excluding carboxylic acids is 2. The van der Waals surface area contributed by atoms with Crippen LogP contribution < -0.4 is 20.3 Å². The van der Waals surface area contributed by atoms with Crippen LogP contribution in [0.4, 0.5) is 10.5 Å². The number of nitrogens with zero attached hydrogens (tertiary/aromatic N) is 1. The summed E-state index contributed by atoms with van der Waals surface area (Å²) in [5, 5.41) is 14.4.